The molecule has 1 saturated heterocycles. The first-order valence-electron chi connectivity index (χ1n) is 8.40. The van der Waals surface area contributed by atoms with E-state index in [4.69, 9.17) is 0 Å². The van der Waals surface area contributed by atoms with Crippen LogP contribution in [-0.2, 0) is 17.3 Å². The molecule has 1 amide bonds. The van der Waals surface area contributed by atoms with Crippen LogP contribution in [0.15, 0.2) is 36.9 Å². The summed E-state index contributed by atoms with van der Waals surface area (Å²) in [6.07, 6.45) is 7.51. The molecule has 1 aliphatic rings. The summed E-state index contributed by atoms with van der Waals surface area (Å²) < 4.78 is 1.83. The van der Waals surface area contributed by atoms with Crippen LogP contribution in [0.3, 0.4) is 0 Å². The van der Waals surface area contributed by atoms with Crippen LogP contribution in [0.2, 0.25) is 0 Å². The monoisotopic (exact) mass is 326 g/mol. The molecule has 3 rings (SSSR count). The van der Waals surface area contributed by atoms with E-state index in [0.29, 0.717) is 5.92 Å². The maximum absolute atomic E-state index is 13.2. The molecule has 5 nitrogen and oxygen atoms in total. The Balaban J connectivity index is 1.84. The third kappa shape index (κ3) is 2.83. The van der Waals surface area contributed by atoms with E-state index >= 15 is 0 Å². The number of carbonyl (C=O) groups is 1. The number of rotatable bonds is 3. The number of likely N-dealkylation sites (tertiary alicyclic amines) is 1. The minimum atomic E-state index is -0.575. The van der Waals surface area contributed by atoms with Gasteiger partial charge < -0.3 is 4.90 Å². The Hall–Kier alpha value is -2.17. The van der Waals surface area contributed by atoms with Crippen molar-refractivity contribution in [3.05, 3.63) is 48.0 Å². The summed E-state index contributed by atoms with van der Waals surface area (Å²) >= 11 is 0. The Labute approximate surface area is 143 Å². The van der Waals surface area contributed by atoms with Crippen molar-refractivity contribution in [2.45, 2.75) is 39.0 Å². The maximum atomic E-state index is 13.2. The van der Waals surface area contributed by atoms with Crippen molar-refractivity contribution in [3.8, 4) is 0 Å². The van der Waals surface area contributed by atoms with Gasteiger partial charge in [-0.05, 0) is 36.5 Å². The zero-order valence-electron chi connectivity index (χ0n) is 15.2. The number of aryl methyl sites for hydroxylation is 1. The van der Waals surface area contributed by atoms with Crippen LogP contribution in [0.4, 0.5) is 0 Å². The van der Waals surface area contributed by atoms with Gasteiger partial charge in [0.2, 0.25) is 5.91 Å². The van der Waals surface area contributed by atoms with Gasteiger partial charge in [-0.25, -0.2) is 0 Å². The summed E-state index contributed by atoms with van der Waals surface area (Å²) in [5.41, 5.74) is 1.62. The van der Waals surface area contributed by atoms with Crippen molar-refractivity contribution >= 4 is 5.91 Å². The molecule has 1 atom stereocenters. The molecule has 0 N–H and O–H groups in total. The topological polar surface area (TPSA) is 51.0 Å². The molecular weight excluding hydrogens is 300 g/mol. The van der Waals surface area contributed by atoms with Gasteiger partial charge in [-0.3, -0.25) is 14.5 Å². The number of hydrogen-bond acceptors (Lipinski definition) is 3. The van der Waals surface area contributed by atoms with E-state index in [1.54, 1.807) is 12.4 Å². The van der Waals surface area contributed by atoms with Gasteiger partial charge in [-0.15, -0.1) is 0 Å². The lowest BCUT2D eigenvalue weighted by atomic mass is 9.79. The van der Waals surface area contributed by atoms with Crippen LogP contribution in [0.25, 0.3) is 0 Å². The molecule has 2 aromatic heterocycles. The highest BCUT2D eigenvalue weighted by atomic mass is 16.2. The zero-order chi connectivity index (χ0) is 17.5. The second-order valence-electron chi connectivity index (χ2n) is 8.04. The second-order valence-corrected chi connectivity index (χ2v) is 8.04. The molecular formula is C19H26N4O. The lowest BCUT2D eigenvalue weighted by Gasteiger charge is -2.30. The van der Waals surface area contributed by atoms with Gasteiger partial charge in [-0.1, -0.05) is 19.9 Å². The summed E-state index contributed by atoms with van der Waals surface area (Å²) in [4.78, 5) is 19.4. The Morgan fingerprint density at radius 2 is 2.08 bits per heavy atom. The predicted molar refractivity (Wildman–Crippen MR) is 93.6 cm³/mol. The molecule has 0 saturated carbocycles. The van der Waals surface area contributed by atoms with E-state index in [2.05, 4.69) is 30.1 Å². The summed E-state index contributed by atoms with van der Waals surface area (Å²) in [5.74, 6) is 0.467. The predicted octanol–water partition coefficient (Wildman–Crippen LogP) is 2.74. The summed E-state index contributed by atoms with van der Waals surface area (Å²) in [5, 5.41) is 4.30. The summed E-state index contributed by atoms with van der Waals surface area (Å²) in [6, 6.07) is 3.86. The van der Waals surface area contributed by atoms with Crippen molar-refractivity contribution in [1.82, 2.24) is 19.7 Å². The number of carbonyl (C=O) groups excluding carboxylic acids is 1. The minimum absolute atomic E-state index is 0.0315. The third-order valence-corrected chi connectivity index (χ3v) is 5.28. The first-order valence-corrected chi connectivity index (χ1v) is 8.40. The lowest BCUT2D eigenvalue weighted by Crippen LogP contribution is -2.43. The molecule has 128 valence electrons. The van der Waals surface area contributed by atoms with E-state index in [9.17, 15) is 4.79 Å². The fourth-order valence-corrected chi connectivity index (χ4v) is 3.72. The van der Waals surface area contributed by atoms with Crippen molar-refractivity contribution in [3.63, 3.8) is 0 Å². The largest absolute Gasteiger partial charge is 0.341 e. The maximum Gasteiger partial charge on any atom is 0.232 e. The molecule has 0 spiro atoms. The molecule has 0 aliphatic carbocycles. The molecule has 3 heterocycles. The molecule has 0 aromatic carbocycles. The summed E-state index contributed by atoms with van der Waals surface area (Å²) in [7, 11) is 1.93. The van der Waals surface area contributed by atoms with Gasteiger partial charge in [0.15, 0.2) is 0 Å². The third-order valence-electron chi connectivity index (χ3n) is 5.28. The van der Waals surface area contributed by atoms with Gasteiger partial charge in [0, 0.05) is 44.6 Å². The first-order chi connectivity index (χ1) is 11.2. The van der Waals surface area contributed by atoms with Crippen LogP contribution < -0.4 is 0 Å². The molecule has 0 bridgehead atoms. The molecule has 2 aromatic rings. The van der Waals surface area contributed by atoms with Crippen LogP contribution in [0, 0.1) is 5.41 Å². The fourth-order valence-electron chi connectivity index (χ4n) is 3.72. The lowest BCUT2D eigenvalue weighted by molar-refractivity contribution is -0.135. The molecule has 24 heavy (non-hydrogen) atoms. The van der Waals surface area contributed by atoms with Crippen molar-refractivity contribution in [1.29, 1.82) is 0 Å². The Bertz CT molecular complexity index is 733. The Morgan fingerprint density at radius 1 is 1.33 bits per heavy atom. The van der Waals surface area contributed by atoms with Gasteiger partial charge >= 0.3 is 0 Å². The van der Waals surface area contributed by atoms with Crippen molar-refractivity contribution < 1.29 is 4.79 Å². The Kier molecular flexibility index (Phi) is 3.98. The van der Waals surface area contributed by atoms with Crippen LogP contribution in [-0.4, -0.2) is 38.7 Å². The average molecular weight is 326 g/mol. The Morgan fingerprint density at radius 3 is 2.67 bits per heavy atom. The zero-order valence-corrected chi connectivity index (χ0v) is 15.2. The number of nitrogens with zero attached hydrogens (tertiary/aromatic N) is 4. The average Bonchev–Trinajstić information content (AvgIpc) is 3.10. The highest BCUT2D eigenvalue weighted by Crippen LogP contribution is 2.43. The second kappa shape index (κ2) is 5.72. The van der Waals surface area contributed by atoms with E-state index in [1.807, 2.05) is 48.8 Å². The highest BCUT2D eigenvalue weighted by Gasteiger charge is 2.45. The normalized spacial score (nSPS) is 20.4. The molecule has 0 radical (unpaired) electrons. The summed E-state index contributed by atoms with van der Waals surface area (Å²) in [6.45, 7) is 9.92. The van der Waals surface area contributed by atoms with Gasteiger partial charge in [-0.2, -0.15) is 5.10 Å². The number of hydrogen-bond donors (Lipinski definition) is 0. The van der Waals surface area contributed by atoms with E-state index in [0.717, 1.165) is 18.7 Å². The first kappa shape index (κ1) is 16.7. The van der Waals surface area contributed by atoms with Crippen LogP contribution in [0.1, 0.15) is 44.7 Å². The minimum Gasteiger partial charge on any atom is -0.341 e. The molecule has 1 fully saturated rings. The van der Waals surface area contributed by atoms with Crippen LogP contribution >= 0.6 is 0 Å². The van der Waals surface area contributed by atoms with Crippen LogP contribution in [0.5, 0.6) is 0 Å². The number of pyridine rings is 1. The van der Waals surface area contributed by atoms with E-state index in [-0.39, 0.29) is 11.3 Å². The fraction of sp³-hybridized carbons (Fsp3) is 0.526. The molecule has 5 heteroatoms. The van der Waals surface area contributed by atoms with Gasteiger partial charge in [0.25, 0.3) is 0 Å². The van der Waals surface area contributed by atoms with E-state index in [1.165, 1.54) is 5.56 Å². The van der Waals surface area contributed by atoms with Crippen molar-refractivity contribution in [2.24, 2.45) is 12.5 Å². The number of aromatic nitrogens is 3. The standard InChI is InChI=1S/C19H26N4O/c1-18(2)13-23(12-16(18)14-9-21-22(5)11-14)17(24)19(3,4)15-7-6-8-20-10-15/h6-11,16H,12-13H2,1-5H3. The molecule has 1 aliphatic heterocycles. The number of amides is 1. The quantitative estimate of drug-likeness (QED) is 0.871. The van der Waals surface area contributed by atoms with Crippen molar-refractivity contribution in [2.75, 3.05) is 13.1 Å². The van der Waals surface area contributed by atoms with Gasteiger partial charge in [0.05, 0.1) is 11.6 Å². The highest BCUT2D eigenvalue weighted by molar-refractivity contribution is 5.87. The SMILES string of the molecule is Cn1cc(C2CN(C(=O)C(C)(C)c3cccnc3)CC2(C)C)cn1. The van der Waals surface area contributed by atoms with E-state index < -0.39 is 5.41 Å². The van der Waals surface area contributed by atoms with Gasteiger partial charge in [0.1, 0.15) is 0 Å². The molecule has 1 unspecified atom stereocenters. The smallest absolute Gasteiger partial charge is 0.232 e.